The number of hydrogen-bond acceptors (Lipinski definition) is 5. The number of carbonyl (C=O) groups is 3. The summed E-state index contributed by atoms with van der Waals surface area (Å²) in [6.45, 7) is 7.42. The number of esters is 1. The zero-order valence-electron chi connectivity index (χ0n) is 15.9. The summed E-state index contributed by atoms with van der Waals surface area (Å²) in [7, 11) is 0. The molecule has 1 aromatic heterocycles. The summed E-state index contributed by atoms with van der Waals surface area (Å²) in [6.07, 6.45) is 4.93. The molecule has 1 fully saturated rings. The topological polar surface area (TPSA) is 92.7 Å². The van der Waals surface area contributed by atoms with E-state index in [0.717, 1.165) is 10.4 Å². The number of carbonyl (C=O) groups excluding carboxylic acids is 2. The number of allylic oxidation sites excluding steroid dienone is 2. The number of aliphatic carboxylic acids is 1. The monoisotopic (exact) mass is 391 g/mol. The molecule has 2 aliphatic carbocycles. The fourth-order valence-electron chi connectivity index (χ4n) is 4.29. The minimum absolute atomic E-state index is 0.0612. The highest BCUT2D eigenvalue weighted by molar-refractivity contribution is 7.16. The van der Waals surface area contributed by atoms with Crippen LogP contribution in [0.25, 0.3) is 0 Å². The number of thiophene rings is 1. The Morgan fingerprint density at radius 2 is 1.89 bits per heavy atom. The second-order valence-corrected chi connectivity index (χ2v) is 8.70. The number of hydrogen-bond donors (Lipinski definition) is 2. The molecule has 0 aromatic carbocycles. The van der Waals surface area contributed by atoms with E-state index < -0.39 is 23.8 Å². The molecule has 27 heavy (non-hydrogen) atoms. The number of carboxylic acids is 1. The van der Waals surface area contributed by atoms with Crippen LogP contribution in [0.3, 0.4) is 0 Å². The largest absolute Gasteiger partial charge is 0.481 e. The van der Waals surface area contributed by atoms with Crippen LogP contribution in [-0.4, -0.2) is 29.1 Å². The van der Waals surface area contributed by atoms with Crippen LogP contribution in [0.2, 0.25) is 0 Å². The lowest BCUT2D eigenvalue weighted by Gasteiger charge is -2.23. The van der Waals surface area contributed by atoms with E-state index in [4.69, 9.17) is 4.74 Å². The molecule has 1 saturated carbocycles. The van der Waals surface area contributed by atoms with E-state index in [9.17, 15) is 19.5 Å². The van der Waals surface area contributed by atoms with Crippen LogP contribution in [0.1, 0.15) is 48.0 Å². The van der Waals surface area contributed by atoms with Crippen molar-refractivity contribution in [3.8, 4) is 0 Å². The van der Waals surface area contributed by atoms with Gasteiger partial charge in [-0.3, -0.25) is 9.59 Å². The normalized spacial score (nSPS) is 25.8. The van der Waals surface area contributed by atoms with Crippen molar-refractivity contribution >= 4 is 34.2 Å². The van der Waals surface area contributed by atoms with Gasteiger partial charge in [0.25, 0.3) is 0 Å². The minimum atomic E-state index is -0.942. The van der Waals surface area contributed by atoms with Gasteiger partial charge in [-0.1, -0.05) is 19.1 Å². The molecule has 0 spiro atoms. The average Bonchev–Trinajstić information content (AvgIpc) is 3.25. The minimum Gasteiger partial charge on any atom is -0.481 e. The molecule has 3 rings (SSSR count). The van der Waals surface area contributed by atoms with Gasteiger partial charge in [-0.25, -0.2) is 4.79 Å². The summed E-state index contributed by atoms with van der Waals surface area (Å²) in [5, 5.41) is 12.9. The highest BCUT2D eigenvalue weighted by Crippen LogP contribution is 2.49. The van der Waals surface area contributed by atoms with E-state index >= 15 is 0 Å². The summed E-state index contributed by atoms with van der Waals surface area (Å²) in [5.74, 6) is -3.20. The molecule has 0 radical (unpaired) electrons. The van der Waals surface area contributed by atoms with Crippen molar-refractivity contribution < 1.29 is 24.2 Å². The quantitative estimate of drug-likeness (QED) is 0.570. The van der Waals surface area contributed by atoms with E-state index in [1.165, 1.54) is 11.3 Å². The van der Waals surface area contributed by atoms with Crippen molar-refractivity contribution in [2.75, 3.05) is 5.32 Å². The zero-order chi connectivity index (χ0) is 19.9. The number of aryl methyl sites for hydroxylation is 1. The highest BCUT2D eigenvalue weighted by Gasteiger charge is 2.51. The predicted molar refractivity (Wildman–Crippen MR) is 103 cm³/mol. The van der Waals surface area contributed by atoms with E-state index in [1.807, 2.05) is 26.0 Å². The van der Waals surface area contributed by atoms with Crippen LogP contribution < -0.4 is 5.32 Å². The second-order valence-electron chi connectivity index (χ2n) is 7.48. The lowest BCUT2D eigenvalue weighted by molar-refractivity contribution is -0.146. The molecule has 4 atom stereocenters. The summed E-state index contributed by atoms with van der Waals surface area (Å²) in [4.78, 5) is 38.2. The van der Waals surface area contributed by atoms with Crippen LogP contribution in [0.4, 0.5) is 5.00 Å². The molecular formula is C20H25NO5S. The van der Waals surface area contributed by atoms with E-state index in [2.05, 4.69) is 5.32 Å². The standard InChI is InChI=1S/C20H25NO5S/c1-5-13-10(4)27-18(16(13)20(25)26-9(2)3)21-17(22)14-11-6-7-12(8-11)15(14)19(23)24/h6-7,9,11-12,14-15H,5,8H2,1-4H3,(H,21,22)(H,23,24). The molecule has 7 heteroatoms. The molecule has 146 valence electrons. The van der Waals surface area contributed by atoms with Crippen molar-refractivity contribution in [1.29, 1.82) is 0 Å². The van der Waals surface area contributed by atoms with Crippen LogP contribution >= 0.6 is 11.3 Å². The lowest BCUT2D eigenvalue weighted by atomic mass is 9.82. The smallest absolute Gasteiger partial charge is 0.341 e. The first kappa shape index (κ1) is 19.6. The van der Waals surface area contributed by atoms with Crippen LogP contribution in [0, 0.1) is 30.6 Å². The van der Waals surface area contributed by atoms with Gasteiger partial charge in [0.15, 0.2) is 0 Å². The maximum atomic E-state index is 13.0. The van der Waals surface area contributed by atoms with E-state index in [1.54, 1.807) is 13.8 Å². The molecule has 1 heterocycles. The Kier molecular flexibility index (Phi) is 5.42. The molecule has 2 aliphatic rings. The summed E-state index contributed by atoms with van der Waals surface area (Å²) >= 11 is 1.34. The Morgan fingerprint density at radius 3 is 2.44 bits per heavy atom. The number of nitrogens with one attached hydrogen (secondary N) is 1. The van der Waals surface area contributed by atoms with Gasteiger partial charge in [-0.2, -0.15) is 0 Å². The number of fused-ring (bicyclic) bond motifs is 2. The first-order valence-electron chi connectivity index (χ1n) is 9.29. The maximum Gasteiger partial charge on any atom is 0.341 e. The molecule has 1 aromatic rings. The Hall–Kier alpha value is -2.15. The fourth-order valence-corrected chi connectivity index (χ4v) is 5.43. The van der Waals surface area contributed by atoms with Crippen LogP contribution in [-0.2, 0) is 20.7 Å². The van der Waals surface area contributed by atoms with Gasteiger partial charge in [-0.15, -0.1) is 11.3 Å². The number of amides is 1. The van der Waals surface area contributed by atoms with Gasteiger partial charge in [0.05, 0.1) is 23.5 Å². The maximum absolute atomic E-state index is 13.0. The van der Waals surface area contributed by atoms with Gasteiger partial charge in [0.2, 0.25) is 5.91 Å². The molecular weight excluding hydrogens is 366 g/mol. The predicted octanol–water partition coefficient (Wildman–Crippen LogP) is 3.65. The van der Waals surface area contributed by atoms with Crippen LogP contribution in [0.15, 0.2) is 12.2 Å². The van der Waals surface area contributed by atoms with Gasteiger partial charge in [0.1, 0.15) is 5.00 Å². The SMILES string of the molecule is CCc1c(C)sc(NC(=O)C2C3C=CC(C3)C2C(=O)O)c1C(=O)OC(C)C. The van der Waals surface area contributed by atoms with E-state index in [0.29, 0.717) is 23.4 Å². The van der Waals surface area contributed by atoms with Crippen molar-refractivity contribution in [2.45, 2.75) is 46.6 Å². The Labute approximate surface area is 162 Å². The Bertz CT molecular complexity index is 810. The van der Waals surface area contributed by atoms with E-state index in [-0.39, 0.29) is 23.8 Å². The molecule has 2 N–H and O–H groups in total. The van der Waals surface area contributed by atoms with Gasteiger partial charge >= 0.3 is 11.9 Å². The lowest BCUT2D eigenvalue weighted by Crippen LogP contribution is -2.36. The highest BCUT2D eigenvalue weighted by atomic mass is 32.1. The Morgan fingerprint density at radius 1 is 1.26 bits per heavy atom. The third-order valence-electron chi connectivity index (χ3n) is 5.39. The number of anilines is 1. The van der Waals surface area contributed by atoms with Crippen molar-refractivity contribution in [1.82, 2.24) is 0 Å². The third kappa shape index (κ3) is 3.52. The molecule has 2 bridgehead atoms. The zero-order valence-corrected chi connectivity index (χ0v) is 16.8. The number of carboxylic acid groups (broad SMARTS) is 1. The first-order valence-corrected chi connectivity index (χ1v) is 10.1. The second kappa shape index (κ2) is 7.46. The number of rotatable bonds is 6. The Balaban J connectivity index is 1.89. The van der Waals surface area contributed by atoms with Crippen LogP contribution in [0.5, 0.6) is 0 Å². The van der Waals surface area contributed by atoms with Crippen molar-refractivity contribution in [3.05, 3.63) is 28.2 Å². The molecule has 0 aliphatic heterocycles. The molecule has 6 nitrogen and oxygen atoms in total. The van der Waals surface area contributed by atoms with Gasteiger partial charge in [-0.05, 0) is 51.0 Å². The van der Waals surface area contributed by atoms with Crippen molar-refractivity contribution in [3.63, 3.8) is 0 Å². The first-order chi connectivity index (χ1) is 12.7. The fraction of sp³-hybridized carbons (Fsp3) is 0.550. The summed E-state index contributed by atoms with van der Waals surface area (Å²) in [5.41, 5.74) is 1.26. The third-order valence-corrected chi connectivity index (χ3v) is 6.46. The number of ether oxygens (including phenoxy) is 1. The molecule has 4 unspecified atom stereocenters. The van der Waals surface area contributed by atoms with Gasteiger partial charge in [0, 0.05) is 4.88 Å². The van der Waals surface area contributed by atoms with Gasteiger partial charge < -0.3 is 15.2 Å². The molecule has 0 saturated heterocycles. The average molecular weight is 391 g/mol. The summed E-state index contributed by atoms with van der Waals surface area (Å²) in [6, 6.07) is 0. The molecule has 1 amide bonds. The summed E-state index contributed by atoms with van der Waals surface area (Å²) < 4.78 is 5.36. The van der Waals surface area contributed by atoms with Crippen molar-refractivity contribution in [2.24, 2.45) is 23.7 Å².